The smallest absolute Gasteiger partial charge is 0.416 e. The van der Waals surface area contributed by atoms with Crippen LogP contribution in [0.2, 0.25) is 0 Å². The van der Waals surface area contributed by atoms with Crippen LogP contribution in [-0.4, -0.2) is 38.8 Å². The second kappa shape index (κ2) is 11.5. The molecule has 11 heteroatoms. The molecule has 0 fully saturated rings. The van der Waals surface area contributed by atoms with Gasteiger partial charge in [-0.1, -0.05) is 24.3 Å². The van der Waals surface area contributed by atoms with E-state index in [0.29, 0.717) is 47.6 Å². The zero-order valence-corrected chi connectivity index (χ0v) is 23.3. The minimum Gasteiger partial charge on any atom is -0.508 e. The highest BCUT2D eigenvalue weighted by Gasteiger charge is 2.37. The largest absolute Gasteiger partial charge is 0.508 e. The number of aryl methyl sites for hydroxylation is 1. The first-order chi connectivity index (χ1) is 19.6. The Labute approximate surface area is 239 Å². The second-order valence-electron chi connectivity index (χ2n) is 9.88. The van der Waals surface area contributed by atoms with Gasteiger partial charge in [0.2, 0.25) is 0 Å². The third-order valence-corrected chi connectivity index (χ3v) is 7.16. The summed E-state index contributed by atoms with van der Waals surface area (Å²) in [5, 5.41) is 14.8. The Morgan fingerprint density at radius 1 is 0.857 bits per heavy atom. The zero-order valence-electron chi connectivity index (χ0n) is 23.3. The van der Waals surface area contributed by atoms with Crippen LogP contribution in [0.25, 0.3) is 11.1 Å². The average molecular weight is 590 g/mol. The van der Waals surface area contributed by atoms with Gasteiger partial charge < -0.3 is 10.0 Å². The lowest BCUT2D eigenvalue weighted by atomic mass is 9.95. The van der Waals surface area contributed by atoms with Gasteiger partial charge in [-0.05, 0) is 86.8 Å². The number of aromatic hydroxyl groups is 1. The molecule has 4 aromatic rings. The molecular formula is C31H29F6N3O2. The third-order valence-electron chi connectivity index (χ3n) is 7.16. The van der Waals surface area contributed by atoms with Gasteiger partial charge in [-0.2, -0.15) is 31.4 Å². The van der Waals surface area contributed by atoms with E-state index >= 15 is 0 Å². The van der Waals surface area contributed by atoms with E-state index in [1.54, 1.807) is 48.2 Å². The highest BCUT2D eigenvalue weighted by Crippen LogP contribution is 2.41. The van der Waals surface area contributed by atoms with Gasteiger partial charge in [-0.15, -0.1) is 0 Å². The van der Waals surface area contributed by atoms with Crippen LogP contribution < -0.4 is 0 Å². The number of halogens is 6. The molecule has 1 atom stereocenters. The first kappa shape index (κ1) is 30.7. The van der Waals surface area contributed by atoms with Crippen molar-refractivity contribution in [3.05, 3.63) is 106 Å². The number of aromatic nitrogens is 2. The highest BCUT2D eigenvalue weighted by molar-refractivity contribution is 5.94. The van der Waals surface area contributed by atoms with E-state index in [0.717, 1.165) is 0 Å². The molecule has 0 spiro atoms. The molecule has 0 saturated carbocycles. The summed E-state index contributed by atoms with van der Waals surface area (Å²) >= 11 is 0. The van der Waals surface area contributed by atoms with Crippen molar-refractivity contribution in [3.63, 3.8) is 0 Å². The molecule has 3 aromatic carbocycles. The normalized spacial score (nSPS) is 12.8. The molecule has 1 unspecified atom stereocenters. The fraction of sp³-hybridized carbons (Fsp3) is 0.290. The summed E-state index contributed by atoms with van der Waals surface area (Å²) in [6.07, 6.45) is -10.00. The molecule has 0 radical (unpaired) electrons. The Morgan fingerprint density at radius 2 is 1.43 bits per heavy atom. The van der Waals surface area contributed by atoms with E-state index in [1.807, 2.05) is 13.8 Å². The SMILES string of the molecule is CCN(CC)C(=O)c1ccc(C(c2cccc(O)c2)n2nc(C)c(-c3cc(C(F)(F)F)cc(C(F)(F)F)c3)c2C)cc1. The fourth-order valence-corrected chi connectivity index (χ4v) is 5.10. The molecular weight excluding hydrogens is 560 g/mol. The van der Waals surface area contributed by atoms with Gasteiger partial charge in [0.15, 0.2) is 0 Å². The zero-order chi connectivity index (χ0) is 31.0. The number of carbonyl (C=O) groups is 1. The monoisotopic (exact) mass is 589 g/mol. The molecule has 222 valence electrons. The number of alkyl halides is 6. The Kier molecular flexibility index (Phi) is 8.43. The van der Waals surface area contributed by atoms with Crippen molar-refractivity contribution in [2.24, 2.45) is 0 Å². The van der Waals surface area contributed by atoms with Crippen LogP contribution >= 0.6 is 0 Å². The van der Waals surface area contributed by atoms with Gasteiger partial charge in [-0.3, -0.25) is 9.48 Å². The molecule has 0 aliphatic heterocycles. The lowest BCUT2D eigenvalue weighted by Gasteiger charge is -2.22. The number of nitrogens with zero attached hydrogens (tertiary/aromatic N) is 3. The fourth-order valence-electron chi connectivity index (χ4n) is 5.10. The molecule has 1 aromatic heterocycles. The molecule has 0 aliphatic carbocycles. The summed E-state index contributed by atoms with van der Waals surface area (Å²) < 4.78 is 83.2. The van der Waals surface area contributed by atoms with E-state index < -0.39 is 29.5 Å². The number of phenolic OH excluding ortho intramolecular Hbond substituents is 1. The standard InChI is InChI=1S/C31H29F6N3O2/c1-5-39(6-2)29(42)21-12-10-20(11-13-21)28(22-8-7-9-26(41)16-22)40-19(4)27(18(3)38-40)23-14-24(30(32,33)34)17-25(15-23)31(35,36)37/h7-17,28,41H,5-6H2,1-4H3. The number of hydrogen-bond acceptors (Lipinski definition) is 3. The van der Waals surface area contributed by atoms with Crippen molar-refractivity contribution < 1.29 is 36.2 Å². The molecule has 0 aliphatic rings. The quantitative estimate of drug-likeness (QED) is 0.222. The van der Waals surface area contributed by atoms with Crippen LogP contribution in [0.4, 0.5) is 26.3 Å². The average Bonchev–Trinajstić information content (AvgIpc) is 3.21. The van der Waals surface area contributed by atoms with Crippen LogP contribution in [-0.2, 0) is 12.4 Å². The Morgan fingerprint density at radius 3 is 1.93 bits per heavy atom. The van der Waals surface area contributed by atoms with E-state index in [1.165, 1.54) is 23.7 Å². The van der Waals surface area contributed by atoms with Gasteiger partial charge in [-0.25, -0.2) is 0 Å². The van der Waals surface area contributed by atoms with Crippen LogP contribution in [0, 0.1) is 13.8 Å². The van der Waals surface area contributed by atoms with Crippen LogP contribution in [0.1, 0.15) is 63.9 Å². The number of carbonyl (C=O) groups excluding carboxylic acids is 1. The number of benzene rings is 3. The van der Waals surface area contributed by atoms with Crippen molar-refractivity contribution in [1.82, 2.24) is 14.7 Å². The van der Waals surface area contributed by atoms with Crippen molar-refractivity contribution >= 4 is 5.91 Å². The van der Waals surface area contributed by atoms with Gasteiger partial charge in [0.05, 0.1) is 16.8 Å². The molecule has 1 amide bonds. The lowest BCUT2D eigenvalue weighted by Crippen LogP contribution is -2.30. The van der Waals surface area contributed by atoms with Crippen molar-refractivity contribution in [3.8, 4) is 16.9 Å². The van der Waals surface area contributed by atoms with Crippen molar-refractivity contribution in [2.45, 2.75) is 46.1 Å². The predicted molar refractivity (Wildman–Crippen MR) is 146 cm³/mol. The molecule has 1 N–H and O–H groups in total. The summed E-state index contributed by atoms with van der Waals surface area (Å²) in [6.45, 7) is 7.88. The lowest BCUT2D eigenvalue weighted by molar-refractivity contribution is -0.143. The first-order valence-corrected chi connectivity index (χ1v) is 13.2. The third kappa shape index (κ3) is 6.14. The van der Waals surface area contributed by atoms with E-state index in [-0.39, 0.29) is 34.5 Å². The Balaban J connectivity index is 1.90. The Hall–Kier alpha value is -4.28. The van der Waals surface area contributed by atoms with Gasteiger partial charge in [0.1, 0.15) is 11.8 Å². The molecule has 42 heavy (non-hydrogen) atoms. The first-order valence-electron chi connectivity index (χ1n) is 13.2. The number of phenols is 1. The van der Waals surface area contributed by atoms with Gasteiger partial charge >= 0.3 is 12.4 Å². The second-order valence-corrected chi connectivity index (χ2v) is 9.88. The predicted octanol–water partition coefficient (Wildman–Crippen LogP) is 8.03. The summed E-state index contributed by atoms with van der Waals surface area (Å²) in [5.41, 5.74) is -0.791. The van der Waals surface area contributed by atoms with Crippen molar-refractivity contribution in [1.29, 1.82) is 0 Å². The van der Waals surface area contributed by atoms with Gasteiger partial charge in [0.25, 0.3) is 5.91 Å². The minimum atomic E-state index is -5.00. The van der Waals surface area contributed by atoms with E-state index in [2.05, 4.69) is 5.10 Å². The summed E-state index contributed by atoms with van der Waals surface area (Å²) in [5.74, 6) is -0.195. The minimum absolute atomic E-state index is 0.0414. The van der Waals surface area contributed by atoms with Crippen molar-refractivity contribution in [2.75, 3.05) is 13.1 Å². The Bertz CT molecular complexity index is 1550. The molecule has 0 bridgehead atoms. The van der Waals surface area contributed by atoms with Gasteiger partial charge in [0, 0.05) is 29.9 Å². The highest BCUT2D eigenvalue weighted by atomic mass is 19.4. The van der Waals surface area contributed by atoms with Crippen LogP contribution in [0.5, 0.6) is 5.75 Å². The number of rotatable bonds is 7. The topological polar surface area (TPSA) is 58.4 Å². The van der Waals surface area contributed by atoms with Crippen LogP contribution in [0.15, 0.2) is 66.7 Å². The molecule has 1 heterocycles. The summed E-state index contributed by atoms with van der Waals surface area (Å²) in [7, 11) is 0. The molecule has 0 saturated heterocycles. The number of amides is 1. The maximum absolute atomic E-state index is 13.6. The summed E-state index contributed by atoms with van der Waals surface area (Å²) in [4.78, 5) is 14.5. The van der Waals surface area contributed by atoms with E-state index in [9.17, 15) is 36.2 Å². The molecule has 5 nitrogen and oxygen atoms in total. The van der Waals surface area contributed by atoms with Crippen LogP contribution in [0.3, 0.4) is 0 Å². The maximum Gasteiger partial charge on any atom is 0.416 e. The molecule has 4 rings (SSSR count). The summed E-state index contributed by atoms with van der Waals surface area (Å²) in [6, 6.07) is 13.8. The number of hydrogen-bond donors (Lipinski definition) is 1. The maximum atomic E-state index is 13.6. The van der Waals surface area contributed by atoms with E-state index in [4.69, 9.17) is 0 Å².